The van der Waals surface area contributed by atoms with Gasteiger partial charge in [-0.05, 0) is 59.3 Å². The first kappa shape index (κ1) is 17.6. The van der Waals surface area contributed by atoms with Crippen molar-refractivity contribution in [2.75, 3.05) is 25.2 Å². The third kappa shape index (κ3) is 3.60. The molecule has 0 aliphatic carbocycles. The lowest BCUT2D eigenvalue weighted by molar-refractivity contribution is -0.892. The fourth-order valence-electron chi connectivity index (χ4n) is 3.01. The van der Waals surface area contributed by atoms with Crippen LogP contribution in [0.3, 0.4) is 0 Å². The Morgan fingerprint density at radius 2 is 1.84 bits per heavy atom. The minimum absolute atomic E-state index is 0.424. The predicted molar refractivity (Wildman–Crippen MR) is 99.0 cm³/mol. The van der Waals surface area contributed by atoms with Crippen molar-refractivity contribution in [2.45, 2.75) is 13.5 Å². The standard InChI is InChI=1S/C19H19BrN2O3/c1-3-25-14-9-7-13(8-10-14)11-21(2)12-22-17-15(18(23)19(22)24)5-4-6-16(17)20/h4-10H,3,11-12H2,1-2H3/p+1. The molecule has 1 aliphatic heterocycles. The summed E-state index contributed by atoms with van der Waals surface area (Å²) in [6.45, 7) is 3.76. The zero-order valence-electron chi connectivity index (χ0n) is 14.2. The first-order valence-electron chi connectivity index (χ1n) is 8.19. The molecule has 130 valence electrons. The van der Waals surface area contributed by atoms with Gasteiger partial charge in [0.1, 0.15) is 12.3 Å². The summed E-state index contributed by atoms with van der Waals surface area (Å²) in [7, 11) is 2.00. The number of hydrogen-bond acceptors (Lipinski definition) is 3. The molecule has 1 unspecified atom stereocenters. The number of para-hydroxylation sites is 1. The third-order valence-corrected chi connectivity index (χ3v) is 4.75. The zero-order valence-corrected chi connectivity index (χ0v) is 15.8. The van der Waals surface area contributed by atoms with Crippen LogP contribution in [0.1, 0.15) is 22.8 Å². The summed E-state index contributed by atoms with van der Waals surface area (Å²) in [6.07, 6.45) is 0. The smallest absolute Gasteiger partial charge is 0.303 e. The topological polar surface area (TPSA) is 51.1 Å². The molecule has 1 amide bonds. The van der Waals surface area contributed by atoms with Gasteiger partial charge >= 0.3 is 5.91 Å². The fraction of sp³-hybridized carbons (Fsp3) is 0.263. The molecule has 5 nitrogen and oxygen atoms in total. The van der Waals surface area contributed by atoms with E-state index in [1.807, 2.05) is 44.3 Å². The molecule has 1 atom stereocenters. The Balaban J connectivity index is 1.72. The number of hydrogen-bond donors (Lipinski definition) is 1. The van der Waals surface area contributed by atoms with Crippen LogP contribution in [-0.4, -0.2) is 32.0 Å². The van der Waals surface area contributed by atoms with Crippen molar-refractivity contribution in [2.24, 2.45) is 0 Å². The molecule has 0 bridgehead atoms. The number of carbonyl (C=O) groups is 2. The molecular formula is C19H20BrN2O3+. The van der Waals surface area contributed by atoms with E-state index in [1.54, 1.807) is 17.0 Å². The number of ether oxygens (including phenoxy) is 1. The second-order valence-corrected chi connectivity index (χ2v) is 6.92. The summed E-state index contributed by atoms with van der Waals surface area (Å²) >= 11 is 3.45. The van der Waals surface area contributed by atoms with Gasteiger partial charge in [0, 0.05) is 10.0 Å². The highest BCUT2D eigenvalue weighted by Gasteiger charge is 2.38. The van der Waals surface area contributed by atoms with Crippen molar-refractivity contribution >= 4 is 33.3 Å². The summed E-state index contributed by atoms with van der Waals surface area (Å²) in [6, 6.07) is 13.3. The Bertz CT molecular complexity index is 805. The third-order valence-electron chi connectivity index (χ3n) is 4.11. The van der Waals surface area contributed by atoms with E-state index in [0.717, 1.165) is 27.2 Å². The van der Waals surface area contributed by atoms with E-state index >= 15 is 0 Å². The quantitative estimate of drug-likeness (QED) is 0.750. The van der Waals surface area contributed by atoms with Crippen molar-refractivity contribution in [3.63, 3.8) is 0 Å². The number of quaternary nitrogens is 1. The highest BCUT2D eigenvalue weighted by Crippen LogP contribution is 2.35. The molecule has 3 rings (SSSR count). The normalized spacial score (nSPS) is 14.6. The molecule has 25 heavy (non-hydrogen) atoms. The van der Waals surface area contributed by atoms with E-state index in [1.165, 1.54) is 0 Å². The maximum absolute atomic E-state index is 12.3. The number of carbonyl (C=O) groups excluding carboxylic acids is 2. The van der Waals surface area contributed by atoms with Crippen molar-refractivity contribution < 1.29 is 19.2 Å². The maximum atomic E-state index is 12.3. The Labute approximate surface area is 155 Å². The number of fused-ring (bicyclic) bond motifs is 1. The molecule has 0 fully saturated rings. The van der Waals surface area contributed by atoms with Crippen LogP contribution in [0.4, 0.5) is 5.69 Å². The van der Waals surface area contributed by atoms with Gasteiger partial charge in [0.2, 0.25) is 0 Å². The van der Waals surface area contributed by atoms with E-state index in [9.17, 15) is 9.59 Å². The Hall–Kier alpha value is -2.18. The van der Waals surface area contributed by atoms with E-state index in [4.69, 9.17) is 4.74 Å². The van der Waals surface area contributed by atoms with Crippen LogP contribution < -0.4 is 14.5 Å². The van der Waals surface area contributed by atoms with Crippen molar-refractivity contribution in [3.8, 4) is 5.75 Å². The van der Waals surface area contributed by atoms with Gasteiger partial charge in [0.15, 0.2) is 6.67 Å². The average Bonchev–Trinajstić information content (AvgIpc) is 2.83. The van der Waals surface area contributed by atoms with Crippen molar-refractivity contribution in [1.29, 1.82) is 0 Å². The minimum Gasteiger partial charge on any atom is -0.494 e. The molecule has 0 saturated carbocycles. The van der Waals surface area contributed by atoms with Crippen LogP contribution in [0.5, 0.6) is 5.75 Å². The highest BCUT2D eigenvalue weighted by atomic mass is 79.9. The van der Waals surface area contributed by atoms with E-state index in [-0.39, 0.29) is 0 Å². The van der Waals surface area contributed by atoms with Gasteiger partial charge in [-0.1, -0.05) is 6.07 Å². The number of nitrogens with one attached hydrogen (secondary N) is 1. The number of halogens is 1. The number of rotatable bonds is 6. The summed E-state index contributed by atoms with van der Waals surface area (Å²) in [5, 5.41) is 0. The van der Waals surface area contributed by atoms with Gasteiger partial charge in [-0.25, -0.2) is 0 Å². The van der Waals surface area contributed by atoms with E-state index in [0.29, 0.717) is 24.5 Å². The SMILES string of the molecule is CCOc1ccc(C[NH+](C)CN2C(=O)C(=O)c3cccc(Br)c32)cc1. The van der Waals surface area contributed by atoms with Crippen molar-refractivity contribution in [1.82, 2.24) is 0 Å². The maximum Gasteiger partial charge on any atom is 0.303 e. The Morgan fingerprint density at radius 3 is 2.52 bits per heavy atom. The van der Waals surface area contributed by atoms with Crippen LogP contribution in [0.25, 0.3) is 0 Å². The fourth-order valence-corrected chi connectivity index (χ4v) is 3.59. The summed E-state index contributed by atoms with van der Waals surface area (Å²) in [4.78, 5) is 27.2. The van der Waals surface area contributed by atoms with Crippen LogP contribution >= 0.6 is 15.9 Å². The molecule has 1 aliphatic rings. The van der Waals surface area contributed by atoms with Crippen LogP contribution in [0.2, 0.25) is 0 Å². The summed E-state index contributed by atoms with van der Waals surface area (Å²) < 4.78 is 6.21. The number of Topliss-reactive ketones (excluding diaryl/α,β-unsaturated/α-hetero) is 1. The molecule has 1 heterocycles. The van der Waals surface area contributed by atoms with Gasteiger partial charge in [-0.15, -0.1) is 0 Å². The van der Waals surface area contributed by atoms with Crippen molar-refractivity contribution in [3.05, 3.63) is 58.1 Å². The first-order chi connectivity index (χ1) is 12.0. The summed E-state index contributed by atoms with van der Waals surface area (Å²) in [5.41, 5.74) is 2.28. The highest BCUT2D eigenvalue weighted by molar-refractivity contribution is 9.10. The molecular weight excluding hydrogens is 384 g/mol. The lowest BCUT2D eigenvalue weighted by Crippen LogP contribution is -3.09. The monoisotopic (exact) mass is 403 g/mol. The van der Waals surface area contributed by atoms with Gasteiger partial charge in [-0.3, -0.25) is 14.5 Å². The molecule has 2 aromatic carbocycles. The largest absolute Gasteiger partial charge is 0.494 e. The number of ketones is 1. The zero-order chi connectivity index (χ0) is 18.0. The van der Waals surface area contributed by atoms with Gasteiger partial charge < -0.3 is 9.64 Å². The number of amides is 1. The van der Waals surface area contributed by atoms with Gasteiger partial charge in [-0.2, -0.15) is 0 Å². The molecule has 0 spiro atoms. The van der Waals surface area contributed by atoms with Crippen LogP contribution in [-0.2, 0) is 11.3 Å². The minimum atomic E-state index is -0.465. The Morgan fingerprint density at radius 1 is 1.12 bits per heavy atom. The summed E-state index contributed by atoms with van der Waals surface area (Å²) in [5.74, 6) is -0.0554. The lowest BCUT2D eigenvalue weighted by atomic mass is 10.1. The first-order valence-corrected chi connectivity index (χ1v) is 8.98. The Kier molecular flexibility index (Phi) is 5.20. The molecule has 0 aromatic heterocycles. The van der Waals surface area contributed by atoms with Gasteiger partial charge in [0.05, 0.1) is 24.9 Å². The molecule has 6 heteroatoms. The van der Waals surface area contributed by atoms with E-state index < -0.39 is 11.7 Å². The second kappa shape index (κ2) is 7.37. The van der Waals surface area contributed by atoms with Crippen LogP contribution in [0, 0.1) is 0 Å². The lowest BCUT2D eigenvalue weighted by Gasteiger charge is -2.22. The number of anilines is 1. The number of benzene rings is 2. The van der Waals surface area contributed by atoms with Crippen LogP contribution in [0.15, 0.2) is 46.9 Å². The van der Waals surface area contributed by atoms with Gasteiger partial charge in [0.25, 0.3) is 5.78 Å². The molecule has 2 aromatic rings. The van der Waals surface area contributed by atoms with E-state index in [2.05, 4.69) is 15.9 Å². The predicted octanol–water partition coefficient (Wildman–Crippen LogP) is 2.05. The second-order valence-electron chi connectivity index (χ2n) is 6.07. The molecule has 1 N–H and O–H groups in total. The molecule has 0 radical (unpaired) electrons. The average molecular weight is 404 g/mol. The number of nitrogens with zero attached hydrogens (tertiary/aromatic N) is 1. The molecule has 0 saturated heterocycles.